The maximum atomic E-state index is 12.5. The molecule has 2 saturated heterocycles. The third kappa shape index (κ3) is 4.17. The Balaban J connectivity index is 1.65. The number of ketones is 1. The van der Waals surface area contributed by atoms with Crippen LogP contribution in [0.3, 0.4) is 0 Å². The predicted octanol–water partition coefficient (Wildman–Crippen LogP) is 1.46. The van der Waals surface area contributed by atoms with Gasteiger partial charge in [-0.3, -0.25) is 4.79 Å². The number of pyridine rings is 1. The van der Waals surface area contributed by atoms with Crippen molar-refractivity contribution in [2.75, 3.05) is 26.8 Å². The van der Waals surface area contributed by atoms with Gasteiger partial charge in [0, 0.05) is 0 Å². The fourth-order valence-corrected chi connectivity index (χ4v) is 3.08. The SMILES string of the molecule is O=C(COc1nc(Cl)c(Cl)cc1Cl)C1OCO[C@@H]2[C@@H](CO)OCO[C@@H]12. The Hall–Kier alpha value is -0.710. The number of carbonyl (C=O) groups excluding carboxylic acids is 1. The fraction of sp³-hybridized carbons (Fsp3) is 0.571. The van der Waals surface area contributed by atoms with Crippen molar-refractivity contribution >= 4 is 40.6 Å². The molecule has 2 aliphatic heterocycles. The van der Waals surface area contributed by atoms with E-state index in [0.29, 0.717) is 0 Å². The average molecular weight is 415 g/mol. The summed E-state index contributed by atoms with van der Waals surface area (Å²) in [5.41, 5.74) is 0. The molecule has 0 bridgehead atoms. The normalized spacial score (nSPS) is 29.1. The Bertz CT molecular complexity index is 647. The highest BCUT2D eigenvalue weighted by Crippen LogP contribution is 2.31. The van der Waals surface area contributed by atoms with Gasteiger partial charge in [0.05, 0.1) is 11.6 Å². The summed E-state index contributed by atoms with van der Waals surface area (Å²) in [6.07, 6.45) is -2.86. The molecule has 11 heteroatoms. The summed E-state index contributed by atoms with van der Waals surface area (Å²) in [5.74, 6) is -0.421. The number of carbonyl (C=O) groups is 1. The van der Waals surface area contributed by atoms with Gasteiger partial charge in [0.25, 0.3) is 0 Å². The molecule has 0 aliphatic carbocycles. The zero-order valence-corrected chi connectivity index (χ0v) is 15.0. The van der Waals surface area contributed by atoms with Gasteiger partial charge in [0.2, 0.25) is 11.7 Å². The molecule has 1 N–H and O–H groups in total. The first kappa shape index (κ1) is 19.1. The van der Waals surface area contributed by atoms with Crippen molar-refractivity contribution in [2.45, 2.75) is 24.4 Å². The first-order valence-corrected chi connectivity index (χ1v) is 8.39. The summed E-state index contributed by atoms with van der Waals surface area (Å²) in [7, 11) is 0. The van der Waals surface area contributed by atoms with Crippen LogP contribution in [0.1, 0.15) is 0 Å². The molecular formula is C14H14Cl3NO7. The van der Waals surface area contributed by atoms with E-state index < -0.39 is 30.2 Å². The van der Waals surface area contributed by atoms with Gasteiger partial charge in [-0.05, 0) is 6.07 Å². The van der Waals surface area contributed by atoms with Gasteiger partial charge in [-0.1, -0.05) is 34.8 Å². The topological polar surface area (TPSA) is 96.3 Å². The fourth-order valence-electron chi connectivity index (χ4n) is 2.54. The number of ether oxygens (including phenoxy) is 5. The van der Waals surface area contributed by atoms with Crippen molar-refractivity contribution in [3.63, 3.8) is 0 Å². The molecule has 0 spiro atoms. The van der Waals surface area contributed by atoms with Gasteiger partial charge in [-0.2, -0.15) is 4.98 Å². The minimum Gasteiger partial charge on any atom is -0.468 e. The Labute approximate surface area is 157 Å². The molecule has 138 valence electrons. The summed E-state index contributed by atoms with van der Waals surface area (Å²) < 4.78 is 26.7. The van der Waals surface area contributed by atoms with Gasteiger partial charge in [0.15, 0.2) is 17.9 Å². The van der Waals surface area contributed by atoms with Crippen LogP contribution in [-0.4, -0.2) is 67.1 Å². The Morgan fingerprint density at radius 1 is 1.16 bits per heavy atom. The summed E-state index contributed by atoms with van der Waals surface area (Å²) in [4.78, 5) is 16.3. The van der Waals surface area contributed by atoms with Crippen LogP contribution in [0.2, 0.25) is 15.2 Å². The molecule has 3 rings (SSSR count). The molecule has 0 saturated carbocycles. The monoisotopic (exact) mass is 413 g/mol. The number of aromatic nitrogens is 1. The number of Topliss-reactive ketones (excluding diaryl/α,β-unsaturated/α-hetero) is 1. The van der Waals surface area contributed by atoms with Crippen molar-refractivity contribution < 1.29 is 33.6 Å². The van der Waals surface area contributed by atoms with Crippen LogP contribution in [0.5, 0.6) is 5.88 Å². The van der Waals surface area contributed by atoms with Gasteiger partial charge < -0.3 is 28.8 Å². The van der Waals surface area contributed by atoms with Gasteiger partial charge >= 0.3 is 0 Å². The van der Waals surface area contributed by atoms with E-state index in [-0.39, 0.29) is 47.9 Å². The van der Waals surface area contributed by atoms with E-state index in [9.17, 15) is 9.90 Å². The van der Waals surface area contributed by atoms with Crippen LogP contribution < -0.4 is 4.74 Å². The maximum Gasteiger partial charge on any atom is 0.234 e. The Morgan fingerprint density at radius 2 is 1.88 bits per heavy atom. The number of aliphatic hydroxyl groups excluding tert-OH is 1. The first-order chi connectivity index (χ1) is 12.0. The summed E-state index contributed by atoms with van der Waals surface area (Å²) in [6, 6.07) is 1.37. The van der Waals surface area contributed by atoms with Crippen LogP contribution in [0, 0.1) is 0 Å². The molecule has 4 atom stereocenters. The average Bonchev–Trinajstić information content (AvgIpc) is 2.62. The molecule has 1 aromatic rings. The summed E-state index contributed by atoms with van der Waals surface area (Å²) >= 11 is 17.6. The molecule has 3 heterocycles. The number of hydrogen-bond acceptors (Lipinski definition) is 8. The van der Waals surface area contributed by atoms with E-state index in [0.717, 1.165) is 0 Å². The van der Waals surface area contributed by atoms with Crippen molar-refractivity contribution in [1.29, 1.82) is 0 Å². The lowest BCUT2D eigenvalue weighted by Crippen LogP contribution is -2.60. The summed E-state index contributed by atoms with van der Waals surface area (Å²) in [5, 5.41) is 9.63. The van der Waals surface area contributed by atoms with E-state index >= 15 is 0 Å². The molecular weight excluding hydrogens is 401 g/mol. The highest BCUT2D eigenvalue weighted by Gasteiger charge is 2.46. The molecule has 0 aromatic carbocycles. The molecule has 0 radical (unpaired) electrons. The van der Waals surface area contributed by atoms with Gasteiger partial charge in [-0.25, -0.2) is 0 Å². The number of fused-ring (bicyclic) bond motifs is 1. The lowest BCUT2D eigenvalue weighted by Gasteiger charge is -2.42. The maximum absolute atomic E-state index is 12.5. The lowest BCUT2D eigenvalue weighted by molar-refractivity contribution is -0.319. The molecule has 8 nitrogen and oxygen atoms in total. The second-order valence-electron chi connectivity index (χ2n) is 5.28. The van der Waals surface area contributed by atoms with Crippen molar-refractivity contribution in [3.8, 4) is 5.88 Å². The van der Waals surface area contributed by atoms with Gasteiger partial charge in [0.1, 0.15) is 36.9 Å². The number of nitrogens with zero attached hydrogens (tertiary/aromatic N) is 1. The molecule has 2 fully saturated rings. The summed E-state index contributed by atoms with van der Waals surface area (Å²) in [6.45, 7) is -0.839. The van der Waals surface area contributed by atoms with Crippen LogP contribution in [0.25, 0.3) is 0 Å². The third-order valence-electron chi connectivity index (χ3n) is 3.74. The smallest absolute Gasteiger partial charge is 0.234 e. The number of rotatable bonds is 5. The van der Waals surface area contributed by atoms with E-state index in [1.807, 2.05) is 0 Å². The van der Waals surface area contributed by atoms with E-state index in [1.165, 1.54) is 6.07 Å². The predicted molar refractivity (Wildman–Crippen MR) is 86.1 cm³/mol. The van der Waals surface area contributed by atoms with E-state index in [1.54, 1.807) is 0 Å². The molecule has 2 aliphatic rings. The minimum absolute atomic E-state index is 0.00875. The van der Waals surface area contributed by atoms with E-state index in [4.69, 9.17) is 58.5 Å². The van der Waals surface area contributed by atoms with Crippen LogP contribution in [-0.2, 0) is 23.7 Å². The first-order valence-electron chi connectivity index (χ1n) is 7.25. The lowest BCUT2D eigenvalue weighted by atomic mass is 9.98. The number of halogens is 3. The highest BCUT2D eigenvalue weighted by atomic mass is 35.5. The zero-order valence-electron chi connectivity index (χ0n) is 12.7. The third-order valence-corrected chi connectivity index (χ3v) is 4.69. The van der Waals surface area contributed by atoms with Gasteiger partial charge in [-0.15, -0.1) is 0 Å². The molecule has 1 aromatic heterocycles. The van der Waals surface area contributed by atoms with Crippen LogP contribution in [0.15, 0.2) is 6.07 Å². The molecule has 25 heavy (non-hydrogen) atoms. The minimum atomic E-state index is -0.932. The van der Waals surface area contributed by atoms with Crippen molar-refractivity contribution in [2.24, 2.45) is 0 Å². The number of aliphatic hydroxyl groups is 1. The van der Waals surface area contributed by atoms with Crippen molar-refractivity contribution in [3.05, 3.63) is 21.3 Å². The van der Waals surface area contributed by atoms with Crippen molar-refractivity contribution in [1.82, 2.24) is 4.98 Å². The zero-order chi connectivity index (χ0) is 18.0. The Morgan fingerprint density at radius 3 is 2.64 bits per heavy atom. The van der Waals surface area contributed by atoms with Crippen LogP contribution >= 0.6 is 34.8 Å². The Kier molecular flexibility index (Phi) is 6.35. The molecule has 0 amide bonds. The van der Waals surface area contributed by atoms with Crippen LogP contribution in [0.4, 0.5) is 0 Å². The molecule has 1 unspecified atom stereocenters. The highest BCUT2D eigenvalue weighted by molar-refractivity contribution is 6.42. The largest absolute Gasteiger partial charge is 0.468 e. The standard InChI is InChI=1S/C14H14Cl3NO7/c15-6-1-7(16)14(18-13(6)17)21-3-8(20)10-12-11(24-5-23-10)9(2-19)22-4-25-12/h1,9-12,19H,2-5H2/t9-,10?,11-,12+/m1/s1. The quantitative estimate of drug-likeness (QED) is 0.724. The second kappa shape index (κ2) is 8.32. The number of hydrogen-bond donors (Lipinski definition) is 1. The van der Waals surface area contributed by atoms with E-state index in [2.05, 4.69) is 4.98 Å². The second-order valence-corrected chi connectivity index (χ2v) is 6.45.